The van der Waals surface area contributed by atoms with Gasteiger partial charge in [-0.1, -0.05) is 12.1 Å². The molecule has 0 bridgehead atoms. The largest absolute Gasteiger partial charge is 0.481 e. The molecule has 0 aromatic carbocycles. The van der Waals surface area contributed by atoms with Gasteiger partial charge in [0.1, 0.15) is 11.5 Å². The summed E-state index contributed by atoms with van der Waals surface area (Å²) in [5.41, 5.74) is 6.59. The molecule has 0 unspecified atom stereocenters. The molecule has 4 heterocycles. The lowest BCUT2D eigenvalue weighted by Gasteiger charge is -2.12. The van der Waals surface area contributed by atoms with Gasteiger partial charge in [0.15, 0.2) is 0 Å². The first-order valence-electron chi connectivity index (χ1n) is 9.24. The van der Waals surface area contributed by atoms with E-state index >= 15 is 0 Å². The second-order valence-corrected chi connectivity index (χ2v) is 6.93. The molecule has 2 N–H and O–H groups in total. The molecular formula is C22H23N5O. The molecular weight excluding hydrogens is 350 g/mol. The van der Waals surface area contributed by atoms with Crippen LogP contribution in [0.3, 0.4) is 0 Å². The van der Waals surface area contributed by atoms with Crippen LogP contribution in [0.5, 0.6) is 5.88 Å². The Morgan fingerprint density at radius 3 is 2.79 bits per heavy atom. The molecule has 0 amide bonds. The topological polar surface area (TPSA) is 75.7 Å². The molecule has 6 heteroatoms. The molecule has 4 aromatic rings. The Hall–Kier alpha value is -3.41. The highest BCUT2D eigenvalue weighted by molar-refractivity contribution is 5.80. The molecule has 0 saturated carbocycles. The average Bonchev–Trinajstić information content (AvgIpc) is 3.09. The molecule has 4 aromatic heterocycles. The van der Waals surface area contributed by atoms with E-state index in [-0.39, 0.29) is 0 Å². The number of aromatic amines is 1. The van der Waals surface area contributed by atoms with Crippen molar-refractivity contribution in [3.63, 3.8) is 0 Å². The van der Waals surface area contributed by atoms with Crippen LogP contribution in [0.1, 0.15) is 27.8 Å². The molecule has 6 nitrogen and oxygen atoms in total. The van der Waals surface area contributed by atoms with Crippen LogP contribution in [-0.4, -0.2) is 27.0 Å². The van der Waals surface area contributed by atoms with Gasteiger partial charge >= 0.3 is 0 Å². The highest BCUT2D eigenvalue weighted by Crippen LogP contribution is 2.23. The zero-order chi connectivity index (χ0) is 19.5. The van der Waals surface area contributed by atoms with E-state index in [0.717, 1.165) is 34.6 Å². The number of aryl methyl sites for hydroxylation is 2. The second-order valence-electron chi connectivity index (χ2n) is 6.93. The maximum atomic E-state index is 5.31. The summed E-state index contributed by atoms with van der Waals surface area (Å²) in [7, 11) is 1.63. The number of ether oxygens (including phenoxy) is 1. The Morgan fingerprint density at radius 1 is 1.07 bits per heavy atom. The van der Waals surface area contributed by atoms with E-state index in [0.29, 0.717) is 12.4 Å². The van der Waals surface area contributed by atoms with Gasteiger partial charge in [-0.2, -0.15) is 0 Å². The molecule has 4 rings (SSSR count). The fraction of sp³-hybridized carbons (Fsp3) is 0.227. The highest BCUT2D eigenvalue weighted by Gasteiger charge is 2.09. The van der Waals surface area contributed by atoms with Gasteiger partial charge in [-0.3, -0.25) is 0 Å². The van der Waals surface area contributed by atoms with Gasteiger partial charge in [-0.25, -0.2) is 15.0 Å². The second kappa shape index (κ2) is 7.68. The molecule has 142 valence electrons. The van der Waals surface area contributed by atoms with Crippen LogP contribution in [-0.2, 0) is 13.0 Å². The maximum absolute atomic E-state index is 5.31. The van der Waals surface area contributed by atoms with Crippen LogP contribution >= 0.6 is 0 Å². The predicted octanol–water partition coefficient (Wildman–Crippen LogP) is 4.18. The minimum Gasteiger partial charge on any atom is -0.481 e. The Labute approximate surface area is 164 Å². The van der Waals surface area contributed by atoms with Crippen molar-refractivity contribution in [3.8, 4) is 5.88 Å². The molecule has 0 aliphatic heterocycles. The van der Waals surface area contributed by atoms with Gasteiger partial charge < -0.3 is 15.0 Å². The zero-order valence-electron chi connectivity index (χ0n) is 16.3. The summed E-state index contributed by atoms with van der Waals surface area (Å²) in [6.45, 7) is 4.74. The van der Waals surface area contributed by atoms with Crippen LogP contribution in [0.15, 0.2) is 49.1 Å². The summed E-state index contributed by atoms with van der Waals surface area (Å²) < 4.78 is 5.31. The molecule has 28 heavy (non-hydrogen) atoms. The molecule has 0 fully saturated rings. The van der Waals surface area contributed by atoms with Crippen LogP contribution in [0, 0.1) is 13.8 Å². The van der Waals surface area contributed by atoms with Gasteiger partial charge in [-0.05, 0) is 48.2 Å². The number of H-pyrrole nitrogens is 1. The van der Waals surface area contributed by atoms with Crippen molar-refractivity contribution in [2.24, 2.45) is 0 Å². The van der Waals surface area contributed by atoms with Crippen molar-refractivity contribution < 1.29 is 4.74 Å². The molecule has 0 atom stereocenters. The summed E-state index contributed by atoms with van der Waals surface area (Å²) in [6.07, 6.45) is 8.38. The van der Waals surface area contributed by atoms with Gasteiger partial charge in [0.05, 0.1) is 7.11 Å². The lowest BCUT2D eigenvalue weighted by molar-refractivity contribution is 0.393. The van der Waals surface area contributed by atoms with E-state index in [1.807, 2.05) is 30.7 Å². The standard InChI is InChI=1S/C22H23N5O/c1-14-7-19-18(13-27-21(19)24-10-14)9-16-8-15(2)20(25-11-16)26-12-17-5-4-6-23-22(17)28-3/h4-8,10-11,13H,9,12H2,1-3H3,(H,24,27)(H,25,26). The number of pyridine rings is 3. The zero-order valence-corrected chi connectivity index (χ0v) is 16.3. The molecule has 0 aliphatic carbocycles. The molecule has 0 saturated heterocycles. The van der Waals surface area contributed by atoms with Gasteiger partial charge in [-0.15, -0.1) is 0 Å². The van der Waals surface area contributed by atoms with Crippen LogP contribution < -0.4 is 10.1 Å². The van der Waals surface area contributed by atoms with Crippen LogP contribution in [0.25, 0.3) is 11.0 Å². The van der Waals surface area contributed by atoms with E-state index in [4.69, 9.17) is 4.74 Å². The molecule has 0 spiro atoms. The number of nitrogens with zero attached hydrogens (tertiary/aromatic N) is 3. The normalized spacial score (nSPS) is 11.0. The van der Waals surface area contributed by atoms with E-state index in [1.165, 1.54) is 16.5 Å². The van der Waals surface area contributed by atoms with Crippen LogP contribution in [0.2, 0.25) is 0 Å². The Morgan fingerprint density at radius 2 is 1.96 bits per heavy atom. The van der Waals surface area contributed by atoms with Crippen molar-refractivity contribution in [1.29, 1.82) is 0 Å². The van der Waals surface area contributed by atoms with E-state index in [2.05, 4.69) is 51.2 Å². The lowest BCUT2D eigenvalue weighted by Crippen LogP contribution is -2.06. The highest BCUT2D eigenvalue weighted by atomic mass is 16.5. The average molecular weight is 373 g/mol. The Bertz CT molecular complexity index is 1120. The number of rotatable bonds is 6. The number of fused-ring (bicyclic) bond motifs is 1. The van der Waals surface area contributed by atoms with E-state index < -0.39 is 0 Å². The third kappa shape index (κ3) is 3.67. The van der Waals surface area contributed by atoms with Crippen molar-refractivity contribution in [2.75, 3.05) is 12.4 Å². The summed E-state index contributed by atoms with van der Waals surface area (Å²) >= 11 is 0. The van der Waals surface area contributed by atoms with E-state index in [9.17, 15) is 0 Å². The van der Waals surface area contributed by atoms with Gasteiger partial charge in [0, 0.05) is 48.7 Å². The van der Waals surface area contributed by atoms with Crippen molar-refractivity contribution >= 4 is 16.9 Å². The predicted molar refractivity (Wildman–Crippen MR) is 111 cm³/mol. The summed E-state index contributed by atoms with van der Waals surface area (Å²) in [5, 5.41) is 4.55. The Kier molecular flexibility index (Phi) is 4.93. The van der Waals surface area contributed by atoms with E-state index in [1.54, 1.807) is 13.3 Å². The monoisotopic (exact) mass is 373 g/mol. The first-order valence-corrected chi connectivity index (χ1v) is 9.24. The molecule has 0 aliphatic rings. The maximum Gasteiger partial charge on any atom is 0.218 e. The Balaban J connectivity index is 1.50. The van der Waals surface area contributed by atoms with Crippen molar-refractivity contribution in [3.05, 3.63) is 76.9 Å². The number of hydrogen-bond acceptors (Lipinski definition) is 5. The van der Waals surface area contributed by atoms with Gasteiger partial charge in [0.25, 0.3) is 0 Å². The lowest BCUT2D eigenvalue weighted by atomic mass is 10.0. The minimum absolute atomic E-state index is 0.609. The molecule has 0 radical (unpaired) electrons. The first-order chi connectivity index (χ1) is 13.6. The number of nitrogens with one attached hydrogen (secondary N) is 2. The quantitative estimate of drug-likeness (QED) is 0.530. The smallest absolute Gasteiger partial charge is 0.218 e. The summed E-state index contributed by atoms with van der Waals surface area (Å²) in [5.74, 6) is 1.50. The summed E-state index contributed by atoms with van der Waals surface area (Å²) in [4.78, 5) is 16.6. The fourth-order valence-corrected chi connectivity index (χ4v) is 3.36. The number of anilines is 1. The van der Waals surface area contributed by atoms with Gasteiger partial charge in [0.2, 0.25) is 5.88 Å². The fourth-order valence-electron chi connectivity index (χ4n) is 3.36. The first kappa shape index (κ1) is 18.0. The third-order valence-corrected chi connectivity index (χ3v) is 4.77. The summed E-state index contributed by atoms with van der Waals surface area (Å²) in [6, 6.07) is 8.25. The van der Waals surface area contributed by atoms with Crippen molar-refractivity contribution in [1.82, 2.24) is 19.9 Å². The SMILES string of the molecule is COc1ncccc1CNc1ncc(Cc2c[nH]c3ncc(C)cc23)cc1C. The number of methoxy groups -OCH3 is 1. The third-order valence-electron chi connectivity index (χ3n) is 4.77. The van der Waals surface area contributed by atoms with Crippen LogP contribution in [0.4, 0.5) is 5.82 Å². The number of aromatic nitrogens is 4. The minimum atomic E-state index is 0.609. The number of hydrogen-bond donors (Lipinski definition) is 2. The van der Waals surface area contributed by atoms with Crippen molar-refractivity contribution in [2.45, 2.75) is 26.8 Å².